The van der Waals surface area contributed by atoms with E-state index >= 15 is 0 Å². The number of carboxylic acid groups (broad SMARTS) is 1. The lowest BCUT2D eigenvalue weighted by Gasteiger charge is -2.28. The molecule has 1 atom stereocenters. The van der Waals surface area contributed by atoms with E-state index in [1.54, 1.807) is 19.1 Å². The first-order valence-corrected chi connectivity index (χ1v) is 7.43. The van der Waals surface area contributed by atoms with Crippen molar-refractivity contribution in [1.29, 1.82) is 0 Å². The zero-order chi connectivity index (χ0) is 16.8. The van der Waals surface area contributed by atoms with Gasteiger partial charge in [0.2, 0.25) is 5.91 Å². The molecule has 0 aliphatic carbocycles. The maximum absolute atomic E-state index is 12.2. The van der Waals surface area contributed by atoms with E-state index in [-0.39, 0.29) is 25.4 Å². The smallest absolute Gasteiger partial charge is 0.305 e. The van der Waals surface area contributed by atoms with Crippen LogP contribution in [0.25, 0.3) is 0 Å². The van der Waals surface area contributed by atoms with Gasteiger partial charge >= 0.3 is 5.97 Å². The summed E-state index contributed by atoms with van der Waals surface area (Å²) in [5.41, 5.74) is -0.249. The second kappa shape index (κ2) is 8.14. The minimum absolute atomic E-state index is 0.0849. The third-order valence-corrected chi connectivity index (χ3v) is 3.53. The van der Waals surface area contributed by atoms with Crippen molar-refractivity contribution in [1.82, 2.24) is 5.32 Å². The van der Waals surface area contributed by atoms with E-state index in [9.17, 15) is 9.59 Å². The first-order chi connectivity index (χ1) is 10.3. The van der Waals surface area contributed by atoms with Gasteiger partial charge in [0.25, 0.3) is 0 Å². The number of amides is 1. The zero-order valence-corrected chi connectivity index (χ0v) is 14.4. The summed E-state index contributed by atoms with van der Waals surface area (Å²) in [5.74, 6) is -0.692. The van der Waals surface area contributed by atoms with E-state index in [1.165, 1.54) is 14.2 Å². The quantitative estimate of drug-likeness (QED) is 0.727. The second-order valence-electron chi connectivity index (χ2n) is 5.25. The summed E-state index contributed by atoms with van der Waals surface area (Å²) < 4.78 is 11.1. The van der Waals surface area contributed by atoms with Crippen LogP contribution < -0.4 is 10.1 Å². The number of hydrogen-bond donors (Lipinski definition) is 2. The molecule has 0 aromatic heterocycles. The highest BCUT2D eigenvalue weighted by atomic mass is 79.9. The van der Waals surface area contributed by atoms with Crippen molar-refractivity contribution in [2.24, 2.45) is 0 Å². The summed E-state index contributed by atoms with van der Waals surface area (Å²) in [4.78, 5) is 23.2. The largest absolute Gasteiger partial charge is 0.496 e. The van der Waals surface area contributed by atoms with Crippen molar-refractivity contribution in [3.63, 3.8) is 0 Å². The van der Waals surface area contributed by atoms with Crippen molar-refractivity contribution in [3.8, 4) is 5.75 Å². The van der Waals surface area contributed by atoms with Gasteiger partial charge in [-0.05, 0) is 25.1 Å². The molecular formula is C15H20BrNO5. The summed E-state index contributed by atoms with van der Waals surface area (Å²) in [6.07, 6.45) is -0.135. The number of carbonyl (C=O) groups is 2. The Balaban J connectivity index is 2.83. The molecule has 0 aliphatic rings. The lowest BCUT2D eigenvalue weighted by molar-refractivity contribution is -0.139. The summed E-state index contributed by atoms with van der Waals surface area (Å²) >= 11 is 3.35. The van der Waals surface area contributed by atoms with Crippen LogP contribution >= 0.6 is 15.9 Å². The van der Waals surface area contributed by atoms with Gasteiger partial charge in [-0.15, -0.1) is 0 Å². The monoisotopic (exact) mass is 373 g/mol. The zero-order valence-electron chi connectivity index (χ0n) is 12.8. The summed E-state index contributed by atoms with van der Waals surface area (Å²) in [6.45, 7) is 1.75. The fourth-order valence-corrected chi connectivity index (χ4v) is 2.63. The van der Waals surface area contributed by atoms with E-state index in [0.29, 0.717) is 11.3 Å². The van der Waals surface area contributed by atoms with Crippen LogP contribution in [0.3, 0.4) is 0 Å². The van der Waals surface area contributed by atoms with Crippen molar-refractivity contribution < 1.29 is 24.2 Å². The molecule has 7 heteroatoms. The first kappa shape index (κ1) is 18.4. The molecular weight excluding hydrogens is 354 g/mol. The first-order valence-electron chi connectivity index (χ1n) is 6.64. The van der Waals surface area contributed by atoms with Crippen LogP contribution in [-0.4, -0.2) is 43.3 Å². The van der Waals surface area contributed by atoms with Crippen molar-refractivity contribution >= 4 is 27.8 Å². The molecule has 1 aromatic carbocycles. The van der Waals surface area contributed by atoms with E-state index < -0.39 is 11.5 Å². The van der Waals surface area contributed by atoms with Gasteiger partial charge in [-0.3, -0.25) is 9.59 Å². The minimum atomic E-state index is -1.00. The average Bonchev–Trinajstić information content (AvgIpc) is 2.37. The number of benzene rings is 1. The Bertz CT molecular complexity index is 549. The molecule has 1 unspecified atom stereocenters. The number of rotatable bonds is 8. The van der Waals surface area contributed by atoms with E-state index in [0.717, 1.165) is 4.47 Å². The molecule has 1 rings (SSSR count). The Morgan fingerprint density at radius 3 is 2.59 bits per heavy atom. The Morgan fingerprint density at radius 1 is 1.36 bits per heavy atom. The van der Waals surface area contributed by atoms with Gasteiger partial charge in [0.15, 0.2) is 0 Å². The molecule has 6 nitrogen and oxygen atoms in total. The minimum Gasteiger partial charge on any atom is -0.496 e. The lowest BCUT2D eigenvalue weighted by Crippen LogP contribution is -2.51. The van der Waals surface area contributed by atoms with Crippen molar-refractivity contribution in [2.75, 3.05) is 20.8 Å². The summed E-state index contributed by atoms with van der Waals surface area (Å²) in [6, 6.07) is 5.38. The molecule has 0 saturated heterocycles. The maximum Gasteiger partial charge on any atom is 0.305 e. The predicted molar refractivity (Wildman–Crippen MR) is 85.1 cm³/mol. The fraction of sp³-hybridized carbons (Fsp3) is 0.467. The van der Waals surface area contributed by atoms with E-state index in [2.05, 4.69) is 21.2 Å². The Morgan fingerprint density at radius 2 is 2.05 bits per heavy atom. The number of nitrogens with one attached hydrogen (secondary N) is 1. The SMILES string of the molecule is COCC(C)(CC(=O)O)NC(=O)Cc1cc(Br)ccc1OC. The molecule has 1 amide bonds. The fourth-order valence-electron chi connectivity index (χ4n) is 2.22. The molecule has 22 heavy (non-hydrogen) atoms. The number of carboxylic acids is 1. The van der Waals surface area contributed by atoms with Crippen LogP contribution in [0.1, 0.15) is 18.9 Å². The van der Waals surface area contributed by atoms with Gasteiger partial charge in [-0.1, -0.05) is 15.9 Å². The highest BCUT2D eigenvalue weighted by Gasteiger charge is 2.29. The topological polar surface area (TPSA) is 84.9 Å². The molecule has 0 bridgehead atoms. The molecule has 122 valence electrons. The van der Waals surface area contributed by atoms with Crippen LogP contribution in [0, 0.1) is 0 Å². The van der Waals surface area contributed by atoms with Gasteiger partial charge in [0.1, 0.15) is 5.75 Å². The normalized spacial score (nSPS) is 13.3. The third-order valence-electron chi connectivity index (χ3n) is 3.04. The molecule has 0 aliphatic heterocycles. The number of aliphatic carboxylic acids is 1. The van der Waals surface area contributed by atoms with Crippen LogP contribution in [0.2, 0.25) is 0 Å². The molecule has 1 aromatic rings. The molecule has 0 radical (unpaired) electrons. The van der Waals surface area contributed by atoms with Crippen LogP contribution in [-0.2, 0) is 20.7 Å². The number of hydrogen-bond acceptors (Lipinski definition) is 4. The lowest BCUT2D eigenvalue weighted by atomic mass is 9.98. The maximum atomic E-state index is 12.2. The molecule has 0 spiro atoms. The van der Waals surface area contributed by atoms with Gasteiger partial charge in [-0.2, -0.15) is 0 Å². The standard InChI is InChI=1S/C15H20BrNO5/c1-15(9-21-2,8-14(19)20)17-13(18)7-10-6-11(16)4-5-12(10)22-3/h4-6H,7-9H2,1-3H3,(H,17,18)(H,19,20). The Labute approximate surface area is 137 Å². The van der Waals surface area contributed by atoms with E-state index in [4.69, 9.17) is 14.6 Å². The Kier molecular flexibility index (Phi) is 6.83. The van der Waals surface area contributed by atoms with Gasteiger partial charge in [0, 0.05) is 17.1 Å². The van der Waals surface area contributed by atoms with Crippen molar-refractivity contribution in [2.45, 2.75) is 25.3 Å². The van der Waals surface area contributed by atoms with Crippen molar-refractivity contribution in [3.05, 3.63) is 28.2 Å². The van der Waals surface area contributed by atoms with Crippen LogP contribution in [0.5, 0.6) is 5.75 Å². The highest BCUT2D eigenvalue weighted by Crippen LogP contribution is 2.23. The number of carbonyl (C=O) groups excluding carboxylic acids is 1. The third kappa shape index (κ3) is 5.65. The van der Waals surface area contributed by atoms with Gasteiger partial charge < -0.3 is 19.9 Å². The summed E-state index contributed by atoms with van der Waals surface area (Å²) in [7, 11) is 2.99. The molecule has 0 fully saturated rings. The molecule has 2 N–H and O–H groups in total. The Hall–Kier alpha value is -1.60. The highest BCUT2D eigenvalue weighted by molar-refractivity contribution is 9.10. The molecule has 0 saturated carbocycles. The van der Waals surface area contributed by atoms with E-state index in [1.807, 2.05) is 6.07 Å². The van der Waals surface area contributed by atoms with Gasteiger partial charge in [-0.25, -0.2) is 0 Å². The predicted octanol–water partition coefficient (Wildman–Crippen LogP) is 2.00. The van der Waals surface area contributed by atoms with Gasteiger partial charge in [0.05, 0.1) is 32.1 Å². The van der Waals surface area contributed by atoms with Crippen LogP contribution in [0.15, 0.2) is 22.7 Å². The summed E-state index contributed by atoms with van der Waals surface area (Å²) in [5, 5.41) is 11.7. The number of halogens is 1. The average molecular weight is 374 g/mol. The second-order valence-corrected chi connectivity index (χ2v) is 6.16. The number of methoxy groups -OCH3 is 2. The molecule has 0 heterocycles. The van der Waals surface area contributed by atoms with Crippen LogP contribution in [0.4, 0.5) is 0 Å². The number of ether oxygens (including phenoxy) is 2.